The average Bonchev–Trinajstić information content (AvgIpc) is 3.05. The lowest BCUT2D eigenvalue weighted by atomic mass is 10.1. The second kappa shape index (κ2) is 5.14. The normalized spacial score (nSPS) is 15.5. The molecule has 1 aliphatic heterocycles. The van der Waals surface area contributed by atoms with Gasteiger partial charge in [0.05, 0.1) is 18.7 Å². The van der Waals surface area contributed by atoms with Crippen molar-refractivity contribution in [3.05, 3.63) is 36.5 Å². The first-order chi connectivity index (χ1) is 10.4. The number of rotatable bonds is 2. The zero-order valence-electron chi connectivity index (χ0n) is 11.5. The number of hydrogen-bond acceptors (Lipinski definition) is 5. The van der Waals surface area contributed by atoms with E-state index in [4.69, 9.17) is 4.74 Å². The highest BCUT2D eigenvalue weighted by Crippen LogP contribution is 2.25. The lowest BCUT2D eigenvalue weighted by Crippen LogP contribution is -2.36. The highest BCUT2D eigenvalue weighted by molar-refractivity contribution is 5.92. The third kappa shape index (κ3) is 2.23. The van der Waals surface area contributed by atoms with Gasteiger partial charge in [-0.2, -0.15) is 4.98 Å². The van der Waals surface area contributed by atoms with Crippen molar-refractivity contribution in [3.8, 4) is 11.4 Å². The molecule has 0 amide bonds. The van der Waals surface area contributed by atoms with Crippen LogP contribution in [0.15, 0.2) is 36.5 Å². The Kier molecular flexibility index (Phi) is 3.01. The van der Waals surface area contributed by atoms with Gasteiger partial charge in [-0.15, -0.1) is 5.10 Å². The van der Waals surface area contributed by atoms with Crippen LogP contribution in [0.1, 0.15) is 0 Å². The lowest BCUT2D eigenvalue weighted by molar-refractivity contribution is 0.122. The molecule has 0 bridgehead atoms. The average molecular weight is 281 g/mol. The van der Waals surface area contributed by atoms with Gasteiger partial charge in [-0.25, -0.2) is 0 Å². The summed E-state index contributed by atoms with van der Waals surface area (Å²) in [5.74, 6) is 1.50. The van der Waals surface area contributed by atoms with Crippen LogP contribution in [0.2, 0.25) is 0 Å². The van der Waals surface area contributed by atoms with Crippen LogP contribution >= 0.6 is 0 Å². The van der Waals surface area contributed by atoms with Crippen LogP contribution in [0, 0.1) is 0 Å². The molecule has 0 aliphatic carbocycles. The van der Waals surface area contributed by atoms with Gasteiger partial charge >= 0.3 is 0 Å². The number of aromatic amines is 1. The highest BCUT2D eigenvalue weighted by Gasteiger charge is 2.16. The number of morpholine rings is 1. The van der Waals surface area contributed by atoms with Crippen LogP contribution in [-0.2, 0) is 4.74 Å². The number of benzene rings is 1. The summed E-state index contributed by atoms with van der Waals surface area (Å²) in [5.41, 5.74) is 1.98. The van der Waals surface area contributed by atoms with Gasteiger partial charge in [0, 0.05) is 30.2 Å². The zero-order chi connectivity index (χ0) is 14.1. The molecule has 1 aliphatic rings. The predicted molar refractivity (Wildman–Crippen MR) is 80.2 cm³/mol. The van der Waals surface area contributed by atoms with Crippen LogP contribution in [0.5, 0.6) is 0 Å². The molecule has 4 rings (SSSR count). The van der Waals surface area contributed by atoms with Gasteiger partial charge in [0.15, 0.2) is 5.82 Å². The quantitative estimate of drug-likeness (QED) is 0.776. The monoisotopic (exact) mass is 281 g/mol. The topological polar surface area (TPSA) is 66.9 Å². The summed E-state index contributed by atoms with van der Waals surface area (Å²) in [6.45, 7) is 3.10. The number of nitrogens with zero attached hydrogens (tertiary/aromatic N) is 4. The molecule has 0 atom stereocenters. The van der Waals surface area contributed by atoms with Gasteiger partial charge in [-0.1, -0.05) is 18.2 Å². The largest absolute Gasteiger partial charge is 0.378 e. The minimum absolute atomic E-state index is 0.724. The number of ether oxygens (including phenoxy) is 1. The van der Waals surface area contributed by atoms with Crippen molar-refractivity contribution in [3.63, 3.8) is 0 Å². The fourth-order valence-electron chi connectivity index (χ4n) is 2.59. The van der Waals surface area contributed by atoms with Crippen molar-refractivity contribution in [2.24, 2.45) is 0 Å². The molecule has 1 saturated heterocycles. The molecule has 21 heavy (non-hydrogen) atoms. The Bertz CT molecular complexity index is 758. The van der Waals surface area contributed by atoms with E-state index in [2.05, 4.69) is 31.1 Å². The SMILES string of the molecule is c1cc(-c2nc(N3CCOCC3)n[nH]2)c2cccnc2c1. The van der Waals surface area contributed by atoms with E-state index < -0.39 is 0 Å². The van der Waals surface area contributed by atoms with E-state index in [9.17, 15) is 0 Å². The molecule has 6 nitrogen and oxygen atoms in total. The molecule has 1 aromatic carbocycles. The maximum Gasteiger partial charge on any atom is 0.245 e. The smallest absolute Gasteiger partial charge is 0.245 e. The predicted octanol–water partition coefficient (Wildman–Crippen LogP) is 1.86. The summed E-state index contributed by atoms with van der Waals surface area (Å²) < 4.78 is 5.35. The van der Waals surface area contributed by atoms with E-state index in [0.717, 1.165) is 54.5 Å². The van der Waals surface area contributed by atoms with Crippen molar-refractivity contribution < 1.29 is 4.74 Å². The number of H-pyrrole nitrogens is 1. The fourth-order valence-corrected chi connectivity index (χ4v) is 2.59. The summed E-state index contributed by atoms with van der Waals surface area (Å²) in [5, 5.41) is 8.45. The molecule has 0 radical (unpaired) electrons. The van der Waals surface area contributed by atoms with E-state index in [-0.39, 0.29) is 0 Å². The van der Waals surface area contributed by atoms with Gasteiger partial charge in [-0.3, -0.25) is 10.1 Å². The number of aromatic nitrogens is 4. The maximum atomic E-state index is 5.35. The van der Waals surface area contributed by atoms with Crippen LogP contribution in [0.25, 0.3) is 22.3 Å². The molecule has 1 N–H and O–H groups in total. The van der Waals surface area contributed by atoms with Gasteiger partial charge < -0.3 is 9.64 Å². The molecule has 106 valence electrons. The summed E-state index contributed by atoms with van der Waals surface area (Å²) >= 11 is 0. The molecule has 0 spiro atoms. The molecule has 1 fully saturated rings. The standard InChI is InChI=1S/C15H15N5O/c1-3-12(11-4-2-6-16-13(11)5-1)14-17-15(19-18-14)20-7-9-21-10-8-20/h1-6H,7-10H2,(H,17,18,19). The summed E-state index contributed by atoms with van der Waals surface area (Å²) in [6, 6.07) is 10.0. The van der Waals surface area contributed by atoms with Gasteiger partial charge in [0.25, 0.3) is 0 Å². The molecular formula is C15H15N5O. The molecular weight excluding hydrogens is 266 g/mol. The van der Waals surface area contributed by atoms with E-state index in [1.165, 1.54) is 0 Å². The Morgan fingerprint density at radius 1 is 1.10 bits per heavy atom. The second-order valence-electron chi connectivity index (χ2n) is 4.96. The van der Waals surface area contributed by atoms with E-state index in [1.807, 2.05) is 24.3 Å². The van der Waals surface area contributed by atoms with Crippen LogP contribution in [-0.4, -0.2) is 46.5 Å². The van der Waals surface area contributed by atoms with Crippen molar-refractivity contribution in [1.82, 2.24) is 20.2 Å². The Morgan fingerprint density at radius 3 is 2.90 bits per heavy atom. The minimum Gasteiger partial charge on any atom is -0.378 e. The number of anilines is 1. The number of nitrogens with one attached hydrogen (secondary N) is 1. The van der Waals surface area contributed by atoms with E-state index in [0.29, 0.717) is 0 Å². The maximum absolute atomic E-state index is 5.35. The first kappa shape index (κ1) is 12.3. The van der Waals surface area contributed by atoms with Crippen molar-refractivity contribution in [1.29, 1.82) is 0 Å². The Balaban J connectivity index is 1.74. The Labute approximate surface area is 121 Å². The van der Waals surface area contributed by atoms with Crippen LogP contribution in [0.3, 0.4) is 0 Å². The van der Waals surface area contributed by atoms with Crippen molar-refractivity contribution in [2.75, 3.05) is 31.2 Å². The summed E-state index contributed by atoms with van der Waals surface area (Å²) in [7, 11) is 0. The first-order valence-electron chi connectivity index (χ1n) is 7.01. The molecule has 6 heteroatoms. The lowest BCUT2D eigenvalue weighted by Gasteiger charge is -2.25. The zero-order valence-corrected chi connectivity index (χ0v) is 11.5. The second-order valence-corrected chi connectivity index (χ2v) is 4.96. The van der Waals surface area contributed by atoms with Crippen molar-refractivity contribution in [2.45, 2.75) is 0 Å². The highest BCUT2D eigenvalue weighted by atomic mass is 16.5. The van der Waals surface area contributed by atoms with Crippen LogP contribution in [0.4, 0.5) is 5.95 Å². The molecule has 3 aromatic rings. The van der Waals surface area contributed by atoms with E-state index in [1.54, 1.807) is 6.20 Å². The van der Waals surface area contributed by atoms with Gasteiger partial charge in [0.1, 0.15) is 0 Å². The Morgan fingerprint density at radius 2 is 2.00 bits per heavy atom. The summed E-state index contributed by atoms with van der Waals surface area (Å²) in [6.07, 6.45) is 1.80. The minimum atomic E-state index is 0.724. The third-order valence-electron chi connectivity index (χ3n) is 3.67. The number of fused-ring (bicyclic) bond motifs is 1. The molecule has 3 heterocycles. The molecule has 2 aromatic heterocycles. The first-order valence-corrected chi connectivity index (χ1v) is 7.01. The number of hydrogen-bond donors (Lipinski definition) is 1. The van der Waals surface area contributed by atoms with Crippen molar-refractivity contribution >= 4 is 16.9 Å². The molecule has 0 saturated carbocycles. The van der Waals surface area contributed by atoms with E-state index >= 15 is 0 Å². The summed E-state index contributed by atoms with van der Waals surface area (Å²) in [4.78, 5) is 11.1. The molecule has 0 unspecified atom stereocenters. The number of pyridine rings is 1. The van der Waals surface area contributed by atoms with Gasteiger partial charge in [0.2, 0.25) is 5.95 Å². The fraction of sp³-hybridized carbons (Fsp3) is 0.267. The van der Waals surface area contributed by atoms with Crippen LogP contribution < -0.4 is 4.90 Å². The van der Waals surface area contributed by atoms with Gasteiger partial charge in [-0.05, 0) is 12.1 Å². The Hall–Kier alpha value is -2.47. The third-order valence-corrected chi connectivity index (χ3v) is 3.67.